The third kappa shape index (κ3) is 9.54. The SMILES string of the molecule is O=COC[C@H](COP(=O)(O)OC[C@H](O)CO)OC=O. The third-order valence-corrected chi connectivity index (χ3v) is 2.61. The normalized spacial score (nSPS) is 17.0. The van der Waals surface area contributed by atoms with Crippen LogP contribution in [0.1, 0.15) is 0 Å². The molecule has 0 aromatic carbocycles. The first-order valence-corrected chi connectivity index (χ1v) is 6.50. The monoisotopic (exact) mass is 302 g/mol. The summed E-state index contributed by atoms with van der Waals surface area (Å²) in [6.07, 6.45) is -2.40. The van der Waals surface area contributed by atoms with E-state index in [0.29, 0.717) is 0 Å². The van der Waals surface area contributed by atoms with Gasteiger partial charge in [-0.05, 0) is 0 Å². The van der Waals surface area contributed by atoms with Crippen LogP contribution in [0.3, 0.4) is 0 Å². The largest absolute Gasteiger partial charge is 0.472 e. The van der Waals surface area contributed by atoms with E-state index in [0.717, 1.165) is 0 Å². The van der Waals surface area contributed by atoms with Crippen LogP contribution in [0.4, 0.5) is 0 Å². The summed E-state index contributed by atoms with van der Waals surface area (Å²) in [7, 11) is -4.48. The summed E-state index contributed by atoms with van der Waals surface area (Å²) in [6, 6.07) is 0. The lowest BCUT2D eigenvalue weighted by atomic mass is 10.4. The highest BCUT2D eigenvalue weighted by Crippen LogP contribution is 2.43. The van der Waals surface area contributed by atoms with Crippen LogP contribution in [-0.4, -0.2) is 66.7 Å². The molecule has 0 rings (SSSR count). The molecular formula is C8H15O10P. The minimum atomic E-state index is -4.48. The van der Waals surface area contributed by atoms with Gasteiger partial charge < -0.3 is 24.6 Å². The summed E-state index contributed by atoms with van der Waals surface area (Å²) >= 11 is 0. The number of carbonyl (C=O) groups excluding carboxylic acids is 2. The fourth-order valence-corrected chi connectivity index (χ4v) is 1.59. The van der Waals surface area contributed by atoms with Crippen LogP contribution >= 0.6 is 7.82 Å². The first-order chi connectivity index (χ1) is 8.95. The molecule has 0 radical (unpaired) electrons. The highest BCUT2D eigenvalue weighted by Gasteiger charge is 2.25. The average Bonchev–Trinajstić information content (AvgIpc) is 2.39. The van der Waals surface area contributed by atoms with Crippen molar-refractivity contribution < 1.29 is 47.8 Å². The van der Waals surface area contributed by atoms with Crippen molar-refractivity contribution in [3.05, 3.63) is 0 Å². The number of aliphatic hydroxyl groups excluding tert-OH is 2. The van der Waals surface area contributed by atoms with Crippen molar-refractivity contribution in [3.8, 4) is 0 Å². The quantitative estimate of drug-likeness (QED) is 0.278. The van der Waals surface area contributed by atoms with Gasteiger partial charge in [-0.15, -0.1) is 0 Å². The van der Waals surface area contributed by atoms with Crippen LogP contribution in [0, 0.1) is 0 Å². The van der Waals surface area contributed by atoms with Gasteiger partial charge in [0.2, 0.25) is 0 Å². The fraction of sp³-hybridized carbons (Fsp3) is 0.750. The fourth-order valence-electron chi connectivity index (χ4n) is 0.799. The molecule has 19 heavy (non-hydrogen) atoms. The molecule has 0 saturated carbocycles. The van der Waals surface area contributed by atoms with Crippen molar-refractivity contribution in [2.45, 2.75) is 12.2 Å². The van der Waals surface area contributed by atoms with Crippen molar-refractivity contribution in [2.75, 3.05) is 26.4 Å². The van der Waals surface area contributed by atoms with Crippen LogP contribution in [0.25, 0.3) is 0 Å². The van der Waals surface area contributed by atoms with Gasteiger partial charge in [-0.25, -0.2) is 4.57 Å². The lowest BCUT2D eigenvalue weighted by Gasteiger charge is -2.17. The van der Waals surface area contributed by atoms with Gasteiger partial charge in [-0.3, -0.25) is 18.6 Å². The van der Waals surface area contributed by atoms with E-state index in [4.69, 9.17) is 15.1 Å². The number of hydrogen-bond acceptors (Lipinski definition) is 9. The zero-order chi connectivity index (χ0) is 14.7. The molecule has 0 aliphatic rings. The van der Waals surface area contributed by atoms with Gasteiger partial charge in [-0.2, -0.15) is 0 Å². The second-order valence-electron chi connectivity index (χ2n) is 3.18. The zero-order valence-corrected chi connectivity index (χ0v) is 10.7. The predicted molar refractivity (Wildman–Crippen MR) is 57.8 cm³/mol. The second kappa shape index (κ2) is 9.84. The number of ether oxygens (including phenoxy) is 2. The Morgan fingerprint density at radius 3 is 2.26 bits per heavy atom. The Balaban J connectivity index is 4.12. The smallest absolute Gasteiger partial charge is 0.464 e. The van der Waals surface area contributed by atoms with Crippen LogP contribution < -0.4 is 0 Å². The van der Waals surface area contributed by atoms with E-state index in [2.05, 4.69) is 18.5 Å². The summed E-state index contributed by atoms with van der Waals surface area (Å²) in [5, 5.41) is 17.4. The van der Waals surface area contributed by atoms with Gasteiger partial charge in [0.15, 0.2) is 6.10 Å². The Kier molecular flexibility index (Phi) is 9.31. The summed E-state index contributed by atoms with van der Waals surface area (Å²) in [5.41, 5.74) is 0. The van der Waals surface area contributed by atoms with E-state index in [1.165, 1.54) is 0 Å². The number of aliphatic hydroxyl groups is 2. The number of carbonyl (C=O) groups is 2. The number of rotatable bonds is 12. The highest BCUT2D eigenvalue weighted by atomic mass is 31.2. The molecule has 0 bridgehead atoms. The van der Waals surface area contributed by atoms with E-state index >= 15 is 0 Å². The average molecular weight is 302 g/mol. The minimum absolute atomic E-state index is 0.0564. The van der Waals surface area contributed by atoms with Crippen molar-refractivity contribution >= 4 is 20.8 Å². The molecule has 3 atom stereocenters. The van der Waals surface area contributed by atoms with Gasteiger partial charge >= 0.3 is 7.82 Å². The Hall–Kier alpha value is -1.03. The molecule has 10 nitrogen and oxygen atoms in total. The molecule has 0 aliphatic heterocycles. The zero-order valence-electron chi connectivity index (χ0n) is 9.78. The predicted octanol–water partition coefficient (Wildman–Crippen LogP) is -1.81. The Morgan fingerprint density at radius 1 is 1.11 bits per heavy atom. The molecule has 112 valence electrons. The molecule has 0 aromatic rings. The van der Waals surface area contributed by atoms with Gasteiger partial charge in [0, 0.05) is 0 Å². The van der Waals surface area contributed by atoms with E-state index in [1.54, 1.807) is 0 Å². The van der Waals surface area contributed by atoms with Crippen LogP contribution in [0.15, 0.2) is 0 Å². The first kappa shape index (κ1) is 18.0. The number of phosphoric ester groups is 1. The van der Waals surface area contributed by atoms with Gasteiger partial charge in [0.25, 0.3) is 12.9 Å². The van der Waals surface area contributed by atoms with Crippen LogP contribution in [0.2, 0.25) is 0 Å². The lowest BCUT2D eigenvalue weighted by molar-refractivity contribution is -0.144. The first-order valence-electron chi connectivity index (χ1n) is 5.00. The molecule has 0 amide bonds. The Labute approximate surface area is 108 Å². The molecule has 0 heterocycles. The highest BCUT2D eigenvalue weighted by molar-refractivity contribution is 7.47. The van der Waals surface area contributed by atoms with Crippen molar-refractivity contribution in [3.63, 3.8) is 0 Å². The molecular weight excluding hydrogens is 287 g/mol. The maximum Gasteiger partial charge on any atom is 0.472 e. The maximum atomic E-state index is 11.3. The van der Waals surface area contributed by atoms with Crippen LogP contribution in [0.5, 0.6) is 0 Å². The number of hydrogen-bond donors (Lipinski definition) is 3. The molecule has 0 fully saturated rings. The molecule has 0 saturated heterocycles. The Morgan fingerprint density at radius 2 is 1.74 bits per heavy atom. The standard InChI is InChI=1S/C8H15O10P/c9-1-7(12)2-17-19(13,14)18-4-8(16-6-11)3-15-5-10/h5-9,12H,1-4H2,(H,13,14)/t7-,8-/m1/s1. The van der Waals surface area contributed by atoms with Crippen molar-refractivity contribution in [1.29, 1.82) is 0 Å². The minimum Gasteiger partial charge on any atom is -0.464 e. The van der Waals surface area contributed by atoms with Gasteiger partial charge in [-0.1, -0.05) is 0 Å². The summed E-state index contributed by atoms with van der Waals surface area (Å²) < 4.78 is 28.8. The lowest BCUT2D eigenvalue weighted by Crippen LogP contribution is -2.25. The van der Waals surface area contributed by atoms with E-state index in [9.17, 15) is 14.2 Å². The second-order valence-corrected chi connectivity index (χ2v) is 4.63. The summed E-state index contributed by atoms with van der Waals surface area (Å²) in [6.45, 7) is -2.02. The topological polar surface area (TPSA) is 149 Å². The van der Waals surface area contributed by atoms with E-state index < -0.39 is 39.9 Å². The van der Waals surface area contributed by atoms with Gasteiger partial charge in [0.1, 0.15) is 12.7 Å². The molecule has 3 N–H and O–H groups in total. The molecule has 11 heteroatoms. The van der Waals surface area contributed by atoms with E-state index in [1.807, 2.05) is 0 Å². The molecule has 0 spiro atoms. The van der Waals surface area contributed by atoms with Crippen LogP contribution in [-0.2, 0) is 32.7 Å². The molecule has 0 aromatic heterocycles. The van der Waals surface area contributed by atoms with Gasteiger partial charge in [0.05, 0.1) is 19.8 Å². The summed E-state index contributed by atoms with van der Waals surface area (Å²) in [4.78, 5) is 29.2. The van der Waals surface area contributed by atoms with Crippen molar-refractivity contribution in [2.24, 2.45) is 0 Å². The third-order valence-electron chi connectivity index (χ3n) is 1.66. The van der Waals surface area contributed by atoms with Crippen molar-refractivity contribution in [1.82, 2.24) is 0 Å². The molecule has 0 aliphatic carbocycles. The number of phosphoric acid groups is 1. The Bertz CT molecular complexity index is 308. The maximum absolute atomic E-state index is 11.3. The van der Waals surface area contributed by atoms with E-state index in [-0.39, 0.29) is 19.6 Å². The summed E-state index contributed by atoms with van der Waals surface area (Å²) in [5.74, 6) is 0. The molecule has 1 unspecified atom stereocenters.